The Morgan fingerprint density at radius 2 is 2.15 bits per heavy atom. The molecule has 1 aromatic rings. The van der Waals surface area contributed by atoms with Crippen molar-refractivity contribution in [2.24, 2.45) is 5.73 Å². The minimum atomic E-state index is -0.330. The van der Waals surface area contributed by atoms with Gasteiger partial charge >= 0.3 is 6.03 Å². The molecular weight excluding hydrogens is 280 g/mol. The number of nitrogens with zero attached hydrogens (tertiary/aromatic N) is 4. The SMILES string of the molecule is CC(C)n1c(CN)nnc1SCCN1C(=O)CNC1=O. The molecule has 0 aliphatic carbocycles. The van der Waals surface area contributed by atoms with Crippen LogP contribution in [-0.4, -0.2) is 50.4 Å². The minimum Gasteiger partial charge on any atom is -0.329 e. The summed E-state index contributed by atoms with van der Waals surface area (Å²) in [5.74, 6) is 1.12. The van der Waals surface area contributed by atoms with E-state index in [0.29, 0.717) is 18.8 Å². The Kier molecular flexibility index (Phi) is 4.61. The second-order valence-corrected chi connectivity index (χ2v) is 5.68. The molecule has 0 radical (unpaired) electrons. The fourth-order valence-electron chi connectivity index (χ4n) is 1.97. The van der Waals surface area contributed by atoms with Crippen LogP contribution in [-0.2, 0) is 11.3 Å². The number of carbonyl (C=O) groups excluding carboxylic acids is 2. The van der Waals surface area contributed by atoms with Crippen molar-refractivity contribution in [2.75, 3.05) is 18.8 Å². The Morgan fingerprint density at radius 1 is 1.40 bits per heavy atom. The molecule has 1 saturated heterocycles. The van der Waals surface area contributed by atoms with Crippen LogP contribution in [0, 0.1) is 0 Å². The highest BCUT2D eigenvalue weighted by Crippen LogP contribution is 2.21. The van der Waals surface area contributed by atoms with Gasteiger partial charge in [-0.2, -0.15) is 0 Å². The molecule has 3 amide bonds. The number of nitrogens with two attached hydrogens (primary N) is 1. The summed E-state index contributed by atoms with van der Waals surface area (Å²) in [5, 5.41) is 11.4. The summed E-state index contributed by atoms with van der Waals surface area (Å²) < 4.78 is 1.97. The summed E-state index contributed by atoms with van der Waals surface area (Å²) in [4.78, 5) is 24.0. The fraction of sp³-hybridized carbons (Fsp3) is 0.636. The van der Waals surface area contributed by atoms with Crippen LogP contribution >= 0.6 is 11.8 Å². The zero-order valence-electron chi connectivity index (χ0n) is 11.5. The number of carbonyl (C=O) groups is 2. The van der Waals surface area contributed by atoms with Gasteiger partial charge in [0.2, 0.25) is 5.91 Å². The van der Waals surface area contributed by atoms with Crippen molar-refractivity contribution in [1.82, 2.24) is 25.0 Å². The fourth-order valence-corrected chi connectivity index (χ4v) is 2.98. The predicted octanol–water partition coefficient (Wildman–Crippen LogP) is -0.0384. The number of hydrogen-bond acceptors (Lipinski definition) is 6. The molecule has 2 heterocycles. The molecule has 0 aromatic carbocycles. The van der Waals surface area contributed by atoms with E-state index in [2.05, 4.69) is 15.5 Å². The number of nitrogens with one attached hydrogen (secondary N) is 1. The average molecular weight is 298 g/mol. The summed E-state index contributed by atoms with van der Waals surface area (Å²) in [5.41, 5.74) is 5.63. The number of thioether (sulfide) groups is 1. The highest BCUT2D eigenvalue weighted by atomic mass is 32.2. The maximum absolute atomic E-state index is 11.4. The van der Waals surface area contributed by atoms with E-state index in [-0.39, 0.29) is 24.5 Å². The van der Waals surface area contributed by atoms with Crippen LogP contribution in [0.25, 0.3) is 0 Å². The second kappa shape index (κ2) is 6.23. The van der Waals surface area contributed by atoms with Crippen LogP contribution < -0.4 is 11.1 Å². The van der Waals surface area contributed by atoms with Crippen molar-refractivity contribution in [3.05, 3.63) is 5.82 Å². The second-order valence-electron chi connectivity index (χ2n) is 4.62. The van der Waals surface area contributed by atoms with Crippen molar-refractivity contribution >= 4 is 23.7 Å². The summed E-state index contributed by atoms with van der Waals surface area (Å²) in [6.07, 6.45) is 0. The van der Waals surface area contributed by atoms with Gasteiger partial charge in [0.15, 0.2) is 5.16 Å². The van der Waals surface area contributed by atoms with Gasteiger partial charge in [0.25, 0.3) is 0 Å². The molecule has 2 rings (SSSR count). The van der Waals surface area contributed by atoms with Crippen LogP contribution in [0.15, 0.2) is 5.16 Å². The van der Waals surface area contributed by atoms with E-state index in [1.807, 2.05) is 18.4 Å². The number of imide groups is 1. The quantitative estimate of drug-likeness (QED) is 0.564. The first kappa shape index (κ1) is 14.8. The van der Waals surface area contributed by atoms with Gasteiger partial charge in [-0.25, -0.2) is 4.79 Å². The van der Waals surface area contributed by atoms with Gasteiger partial charge in [0.05, 0.1) is 13.1 Å². The van der Waals surface area contributed by atoms with Gasteiger partial charge in [0.1, 0.15) is 5.82 Å². The molecule has 0 atom stereocenters. The Hall–Kier alpha value is -1.61. The summed E-state index contributed by atoms with van der Waals surface area (Å²) in [7, 11) is 0. The van der Waals surface area contributed by atoms with Gasteiger partial charge in [-0.15, -0.1) is 10.2 Å². The van der Waals surface area contributed by atoms with Crippen molar-refractivity contribution in [3.8, 4) is 0 Å². The molecule has 1 aromatic heterocycles. The van der Waals surface area contributed by atoms with E-state index in [0.717, 1.165) is 11.0 Å². The molecule has 0 unspecified atom stereocenters. The van der Waals surface area contributed by atoms with Gasteiger partial charge in [-0.1, -0.05) is 11.8 Å². The standard InChI is InChI=1S/C11H18N6O2S/c1-7(2)17-8(5-12)14-15-11(17)20-4-3-16-9(18)6-13-10(16)19/h7H,3-6,12H2,1-2H3,(H,13,19). The van der Waals surface area contributed by atoms with Gasteiger partial charge in [0, 0.05) is 18.3 Å². The molecule has 0 bridgehead atoms. The minimum absolute atomic E-state index is 0.0863. The van der Waals surface area contributed by atoms with E-state index >= 15 is 0 Å². The van der Waals surface area contributed by atoms with Crippen LogP contribution in [0.2, 0.25) is 0 Å². The molecular formula is C11H18N6O2S. The van der Waals surface area contributed by atoms with Gasteiger partial charge in [-0.3, -0.25) is 9.69 Å². The first-order valence-electron chi connectivity index (χ1n) is 6.39. The third-order valence-electron chi connectivity index (χ3n) is 2.92. The summed E-state index contributed by atoms with van der Waals surface area (Å²) in [6, 6.07) is -0.119. The smallest absolute Gasteiger partial charge is 0.324 e. The first-order valence-corrected chi connectivity index (χ1v) is 7.38. The zero-order valence-corrected chi connectivity index (χ0v) is 12.3. The van der Waals surface area contributed by atoms with Crippen LogP contribution in [0.5, 0.6) is 0 Å². The van der Waals surface area contributed by atoms with E-state index < -0.39 is 0 Å². The zero-order chi connectivity index (χ0) is 14.7. The van der Waals surface area contributed by atoms with Crippen molar-refractivity contribution in [1.29, 1.82) is 0 Å². The Balaban J connectivity index is 1.96. The lowest BCUT2D eigenvalue weighted by Gasteiger charge is -2.14. The monoisotopic (exact) mass is 298 g/mol. The third kappa shape index (κ3) is 2.93. The molecule has 1 aliphatic rings. The highest BCUT2D eigenvalue weighted by molar-refractivity contribution is 7.99. The molecule has 9 heteroatoms. The molecule has 110 valence electrons. The highest BCUT2D eigenvalue weighted by Gasteiger charge is 2.28. The number of urea groups is 1. The Labute approximate surface area is 121 Å². The number of hydrogen-bond donors (Lipinski definition) is 2. The molecule has 1 aliphatic heterocycles. The van der Waals surface area contributed by atoms with Gasteiger partial charge < -0.3 is 15.6 Å². The number of aromatic nitrogens is 3. The van der Waals surface area contributed by atoms with Crippen LogP contribution in [0.1, 0.15) is 25.7 Å². The van der Waals surface area contributed by atoms with Crippen LogP contribution in [0.4, 0.5) is 4.79 Å². The normalized spacial score (nSPS) is 15.3. The summed E-state index contributed by atoms with van der Waals surface area (Å²) >= 11 is 1.46. The first-order chi connectivity index (χ1) is 9.54. The van der Waals surface area contributed by atoms with E-state index in [1.54, 1.807) is 0 Å². The molecule has 3 N–H and O–H groups in total. The molecule has 0 spiro atoms. The number of amides is 3. The maximum Gasteiger partial charge on any atom is 0.324 e. The lowest BCUT2D eigenvalue weighted by atomic mass is 10.4. The largest absolute Gasteiger partial charge is 0.329 e. The predicted molar refractivity (Wildman–Crippen MR) is 74.1 cm³/mol. The third-order valence-corrected chi connectivity index (χ3v) is 3.84. The van der Waals surface area contributed by atoms with E-state index in [9.17, 15) is 9.59 Å². The van der Waals surface area contributed by atoms with Crippen molar-refractivity contribution < 1.29 is 9.59 Å². The van der Waals surface area contributed by atoms with Gasteiger partial charge in [-0.05, 0) is 13.8 Å². The van der Waals surface area contributed by atoms with E-state index in [1.165, 1.54) is 16.7 Å². The maximum atomic E-state index is 11.4. The molecule has 1 fully saturated rings. The number of rotatable bonds is 6. The Bertz CT molecular complexity index is 499. The van der Waals surface area contributed by atoms with Crippen molar-refractivity contribution in [3.63, 3.8) is 0 Å². The average Bonchev–Trinajstić information content (AvgIpc) is 2.96. The topological polar surface area (TPSA) is 106 Å². The Morgan fingerprint density at radius 3 is 2.70 bits per heavy atom. The molecule has 8 nitrogen and oxygen atoms in total. The van der Waals surface area contributed by atoms with Crippen LogP contribution in [0.3, 0.4) is 0 Å². The lowest BCUT2D eigenvalue weighted by Crippen LogP contribution is -2.32. The van der Waals surface area contributed by atoms with Crippen molar-refractivity contribution in [2.45, 2.75) is 31.6 Å². The van der Waals surface area contributed by atoms with E-state index in [4.69, 9.17) is 5.73 Å². The summed E-state index contributed by atoms with van der Waals surface area (Å²) in [6.45, 7) is 4.84. The lowest BCUT2D eigenvalue weighted by molar-refractivity contribution is -0.124. The molecule has 0 saturated carbocycles. The molecule has 20 heavy (non-hydrogen) atoms.